The highest BCUT2D eigenvalue weighted by molar-refractivity contribution is 5.89. The Morgan fingerprint density at radius 2 is 1.93 bits per heavy atom. The summed E-state index contributed by atoms with van der Waals surface area (Å²) in [5, 5.41) is 0.134. The van der Waals surface area contributed by atoms with Crippen LogP contribution in [0.15, 0.2) is 18.2 Å². The van der Waals surface area contributed by atoms with Crippen molar-refractivity contribution in [2.75, 3.05) is 0 Å². The minimum atomic E-state index is -0.531. The maximum absolute atomic E-state index is 13.3. The van der Waals surface area contributed by atoms with Gasteiger partial charge in [-0.25, -0.2) is 8.78 Å². The van der Waals surface area contributed by atoms with E-state index in [0.29, 0.717) is 6.29 Å². The van der Waals surface area contributed by atoms with Gasteiger partial charge in [-0.15, -0.1) is 0 Å². The average Bonchev–Trinajstić information content (AvgIpc) is 2.51. The van der Waals surface area contributed by atoms with E-state index < -0.39 is 11.6 Å². The third-order valence-electron chi connectivity index (χ3n) is 2.25. The molecule has 4 heteroatoms. The predicted molar refractivity (Wildman–Crippen MR) is 48.2 cm³/mol. The van der Waals surface area contributed by atoms with Crippen molar-refractivity contribution < 1.29 is 13.6 Å². The second-order valence-corrected chi connectivity index (χ2v) is 3.04. The van der Waals surface area contributed by atoms with Gasteiger partial charge in [0.05, 0.1) is 11.2 Å². The second-order valence-electron chi connectivity index (χ2n) is 3.04. The Morgan fingerprint density at radius 1 is 1.29 bits per heavy atom. The standard InChI is InChI=1S/C10H7F2NO/c1-13-6(5-14)4-7-8(11)2-3-9(12)10(7)13/h2-5H,1H3. The summed E-state index contributed by atoms with van der Waals surface area (Å²) < 4.78 is 27.8. The molecule has 0 N–H and O–H groups in total. The lowest BCUT2D eigenvalue weighted by molar-refractivity contribution is 0.111. The van der Waals surface area contributed by atoms with Gasteiger partial charge in [-0.2, -0.15) is 0 Å². The Bertz CT molecular complexity index is 516. The van der Waals surface area contributed by atoms with E-state index in [1.165, 1.54) is 17.7 Å². The molecule has 72 valence electrons. The molecular formula is C10H7F2NO. The maximum atomic E-state index is 13.3. The van der Waals surface area contributed by atoms with Gasteiger partial charge >= 0.3 is 0 Å². The summed E-state index contributed by atoms with van der Waals surface area (Å²) in [6.07, 6.45) is 0.568. The minimum Gasteiger partial charge on any atom is -0.339 e. The fraction of sp³-hybridized carbons (Fsp3) is 0.100. The molecule has 1 aromatic carbocycles. The highest BCUT2D eigenvalue weighted by atomic mass is 19.1. The highest BCUT2D eigenvalue weighted by Gasteiger charge is 2.12. The Hall–Kier alpha value is -1.71. The van der Waals surface area contributed by atoms with Crippen LogP contribution in [0.5, 0.6) is 0 Å². The molecule has 0 atom stereocenters. The van der Waals surface area contributed by atoms with Crippen LogP contribution in [0.25, 0.3) is 10.9 Å². The van der Waals surface area contributed by atoms with Gasteiger partial charge in [-0.05, 0) is 18.2 Å². The molecule has 0 saturated heterocycles. The Labute approximate surface area is 78.8 Å². The number of halogens is 2. The minimum absolute atomic E-state index is 0.118. The topological polar surface area (TPSA) is 22.0 Å². The van der Waals surface area contributed by atoms with E-state index in [-0.39, 0.29) is 16.6 Å². The molecule has 2 rings (SSSR count). The number of rotatable bonds is 1. The third kappa shape index (κ3) is 1.04. The number of aldehydes is 1. The first kappa shape index (κ1) is 8.87. The van der Waals surface area contributed by atoms with Gasteiger partial charge in [0.2, 0.25) is 0 Å². The highest BCUT2D eigenvalue weighted by Crippen LogP contribution is 2.23. The van der Waals surface area contributed by atoms with E-state index in [4.69, 9.17) is 0 Å². The number of hydrogen-bond acceptors (Lipinski definition) is 1. The molecule has 14 heavy (non-hydrogen) atoms. The molecule has 0 radical (unpaired) electrons. The fourth-order valence-electron chi connectivity index (χ4n) is 1.52. The van der Waals surface area contributed by atoms with E-state index in [1.807, 2.05) is 0 Å². The first-order valence-corrected chi connectivity index (χ1v) is 4.03. The van der Waals surface area contributed by atoms with Crippen molar-refractivity contribution in [1.82, 2.24) is 4.57 Å². The van der Waals surface area contributed by atoms with Crippen LogP contribution in [0.2, 0.25) is 0 Å². The lowest BCUT2D eigenvalue weighted by atomic mass is 10.2. The molecule has 0 saturated carbocycles. The molecule has 0 aliphatic carbocycles. The van der Waals surface area contributed by atoms with Gasteiger partial charge in [0.25, 0.3) is 0 Å². The number of nitrogens with zero attached hydrogens (tertiary/aromatic N) is 1. The molecule has 0 aliphatic rings. The maximum Gasteiger partial charge on any atom is 0.166 e. The van der Waals surface area contributed by atoms with E-state index in [9.17, 15) is 13.6 Å². The zero-order chi connectivity index (χ0) is 10.3. The van der Waals surface area contributed by atoms with Crippen LogP contribution in [0, 0.1) is 11.6 Å². The van der Waals surface area contributed by atoms with Gasteiger partial charge in [-0.1, -0.05) is 0 Å². The summed E-state index contributed by atoms with van der Waals surface area (Å²) in [6.45, 7) is 0. The van der Waals surface area contributed by atoms with Gasteiger partial charge in [0, 0.05) is 12.4 Å². The van der Waals surface area contributed by atoms with Crippen molar-refractivity contribution >= 4 is 17.2 Å². The van der Waals surface area contributed by atoms with Crippen molar-refractivity contribution in [3.63, 3.8) is 0 Å². The summed E-state index contributed by atoms with van der Waals surface area (Å²) in [7, 11) is 1.52. The lowest BCUT2D eigenvalue weighted by Crippen LogP contribution is -1.95. The molecular weight excluding hydrogens is 188 g/mol. The monoisotopic (exact) mass is 195 g/mol. The first-order chi connectivity index (χ1) is 6.65. The number of benzene rings is 1. The molecule has 0 bridgehead atoms. The zero-order valence-electron chi connectivity index (χ0n) is 7.42. The molecule has 0 amide bonds. The van der Waals surface area contributed by atoms with E-state index in [0.717, 1.165) is 12.1 Å². The summed E-state index contributed by atoms with van der Waals surface area (Å²) >= 11 is 0. The Kier molecular flexibility index (Phi) is 1.84. The molecule has 2 aromatic rings. The van der Waals surface area contributed by atoms with Crippen LogP contribution in [0.3, 0.4) is 0 Å². The van der Waals surface area contributed by atoms with Gasteiger partial charge in [0.15, 0.2) is 6.29 Å². The van der Waals surface area contributed by atoms with Gasteiger partial charge in [0.1, 0.15) is 11.6 Å². The van der Waals surface area contributed by atoms with Gasteiger partial charge in [-0.3, -0.25) is 4.79 Å². The second kappa shape index (κ2) is 2.90. The number of carbonyl (C=O) groups is 1. The summed E-state index contributed by atoms with van der Waals surface area (Å²) in [4.78, 5) is 10.6. The number of aryl methyl sites for hydroxylation is 1. The predicted octanol–water partition coefficient (Wildman–Crippen LogP) is 2.27. The number of fused-ring (bicyclic) bond motifs is 1. The van der Waals surface area contributed by atoms with Crippen LogP contribution in [0.4, 0.5) is 8.78 Å². The van der Waals surface area contributed by atoms with E-state index >= 15 is 0 Å². The number of hydrogen-bond donors (Lipinski definition) is 0. The molecule has 0 aliphatic heterocycles. The SMILES string of the molecule is Cn1c(C=O)cc2c(F)ccc(F)c21. The third-order valence-corrected chi connectivity index (χ3v) is 2.25. The van der Waals surface area contributed by atoms with Crippen molar-refractivity contribution in [2.24, 2.45) is 7.05 Å². The number of aromatic nitrogens is 1. The summed E-state index contributed by atoms with van der Waals surface area (Å²) in [5.74, 6) is -1.05. The molecule has 1 heterocycles. The van der Waals surface area contributed by atoms with Crippen LogP contribution in [0.1, 0.15) is 10.5 Å². The van der Waals surface area contributed by atoms with E-state index in [1.54, 1.807) is 0 Å². The average molecular weight is 195 g/mol. The smallest absolute Gasteiger partial charge is 0.166 e. The lowest BCUT2D eigenvalue weighted by Gasteiger charge is -1.99. The van der Waals surface area contributed by atoms with Crippen LogP contribution < -0.4 is 0 Å². The summed E-state index contributed by atoms with van der Waals surface area (Å²) in [6, 6.07) is 3.43. The quantitative estimate of drug-likeness (QED) is 0.640. The Balaban J connectivity index is 2.97. The Morgan fingerprint density at radius 3 is 2.50 bits per heavy atom. The van der Waals surface area contributed by atoms with Crippen LogP contribution >= 0.6 is 0 Å². The molecule has 2 nitrogen and oxygen atoms in total. The van der Waals surface area contributed by atoms with Crippen LogP contribution in [-0.4, -0.2) is 10.9 Å². The number of carbonyl (C=O) groups excluding carboxylic acids is 1. The largest absolute Gasteiger partial charge is 0.339 e. The first-order valence-electron chi connectivity index (χ1n) is 4.03. The zero-order valence-corrected chi connectivity index (χ0v) is 7.42. The van der Waals surface area contributed by atoms with E-state index in [2.05, 4.69) is 0 Å². The molecule has 0 spiro atoms. The van der Waals surface area contributed by atoms with Crippen molar-refractivity contribution in [3.05, 3.63) is 35.5 Å². The van der Waals surface area contributed by atoms with Crippen molar-refractivity contribution in [3.8, 4) is 0 Å². The van der Waals surface area contributed by atoms with Crippen molar-refractivity contribution in [1.29, 1.82) is 0 Å². The van der Waals surface area contributed by atoms with Crippen LogP contribution in [-0.2, 0) is 7.05 Å². The van der Waals surface area contributed by atoms with Gasteiger partial charge < -0.3 is 4.57 Å². The summed E-state index contributed by atoms with van der Waals surface area (Å²) in [5.41, 5.74) is 0.371. The van der Waals surface area contributed by atoms with Crippen molar-refractivity contribution in [2.45, 2.75) is 0 Å². The normalized spacial score (nSPS) is 10.8. The molecule has 0 fully saturated rings. The fourth-order valence-corrected chi connectivity index (χ4v) is 1.52. The molecule has 0 unspecified atom stereocenters. The molecule has 1 aromatic heterocycles.